The van der Waals surface area contributed by atoms with Crippen LogP contribution in [-0.2, 0) is 0 Å². The SMILES string of the molecule is c1ccc2cc(-c3ccc4c(ccc5cc(N(c6ccc(-c7ccc8c(n7)oc7ccccc78)cc6)c6ccc(-c7ncc8ccccc8n7)cc6)ccc54)c3)ccc2c1. The maximum absolute atomic E-state index is 6.13. The highest BCUT2D eigenvalue weighted by molar-refractivity contribution is 6.10. The lowest BCUT2D eigenvalue weighted by Gasteiger charge is -2.26. The third-order valence-electron chi connectivity index (χ3n) is 11.7. The van der Waals surface area contributed by atoms with Crippen LogP contribution in [0.1, 0.15) is 0 Å². The van der Waals surface area contributed by atoms with Gasteiger partial charge in [0.15, 0.2) is 5.82 Å². The van der Waals surface area contributed by atoms with Gasteiger partial charge in [-0.3, -0.25) is 0 Å². The van der Waals surface area contributed by atoms with E-state index in [-0.39, 0.29) is 0 Å². The summed E-state index contributed by atoms with van der Waals surface area (Å²) in [5.41, 5.74) is 10.8. The third-order valence-corrected chi connectivity index (χ3v) is 11.7. The summed E-state index contributed by atoms with van der Waals surface area (Å²) in [5, 5.41) is 10.4. The zero-order chi connectivity index (χ0) is 39.6. The van der Waals surface area contributed by atoms with Crippen molar-refractivity contribution in [2.75, 3.05) is 4.90 Å². The fraction of sp³-hybridized carbons (Fsp3) is 0. The van der Waals surface area contributed by atoms with E-state index < -0.39 is 0 Å². The molecule has 5 nitrogen and oxygen atoms in total. The Balaban J connectivity index is 0.929. The number of hydrogen-bond donors (Lipinski definition) is 0. The van der Waals surface area contributed by atoms with E-state index in [0.717, 1.165) is 61.1 Å². The van der Waals surface area contributed by atoms with E-state index >= 15 is 0 Å². The number of fused-ring (bicyclic) bond motifs is 8. The smallest absolute Gasteiger partial charge is 0.227 e. The van der Waals surface area contributed by atoms with E-state index in [9.17, 15) is 0 Å². The van der Waals surface area contributed by atoms with Crippen LogP contribution in [0.4, 0.5) is 17.1 Å². The van der Waals surface area contributed by atoms with Gasteiger partial charge in [-0.05, 0) is 128 Å². The average molecular weight is 767 g/mol. The van der Waals surface area contributed by atoms with Gasteiger partial charge in [0, 0.05) is 50.5 Å². The molecule has 60 heavy (non-hydrogen) atoms. The maximum atomic E-state index is 6.13. The zero-order valence-corrected chi connectivity index (χ0v) is 32.3. The predicted octanol–water partition coefficient (Wildman–Crippen LogP) is 14.9. The molecule has 0 saturated heterocycles. The summed E-state index contributed by atoms with van der Waals surface area (Å²) < 4.78 is 6.13. The Bertz CT molecular complexity index is 3610. The minimum atomic E-state index is 0.642. The Morgan fingerprint density at radius 1 is 0.367 bits per heavy atom. The molecule has 0 bridgehead atoms. The van der Waals surface area contributed by atoms with E-state index in [0.29, 0.717) is 11.5 Å². The highest BCUT2D eigenvalue weighted by Gasteiger charge is 2.17. The molecule has 9 aromatic carbocycles. The quantitative estimate of drug-likeness (QED) is 0.158. The summed E-state index contributed by atoms with van der Waals surface area (Å²) in [6.45, 7) is 0. The zero-order valence-electron chi connectivity index (χ0n) is 32.3. The molecule has 0 amide bonds. The molecule has 0 aliphatic carbocycles. The second kappa shape index (κ2) is 13.8. The van der Waals surface area contributed by atoms with Crippen molar-refractivity contribution < 1.29 is 4.42 Å². The highest BCUT2D eigenvalue weighted by Crippen LogP contribution is 2.40. The number of aromatic nitrogens is 3. The lowest BCUT2D eigenvalue weighted by Crippen LogP contribution is -2.10. The summed E-state index contributed by atoms with van der Waals surface area (Å²) in [6.07, 6.45) is 1.89. The standard InChI is InChI=1S/C55H34N4O/c1-2-8-38-31-39(14-13-35(38)7-1)40-21-27-47-41(32-40)15-16-42-33-46(26-28-48(42)47)59(45-24-19-37(20-25-45)54-56-34-43-9-3-5-11-51(43)57-54)44-22-17-36(18-23-44)52-30-29-50-49-10-4-6-12-53(49)60-55(50)58-52/h1-34H. The number of hydrogen-bond acceptors (Lipinski definition) is 5. The minimum Gasteiger partial charge on any atom is -0.438 e. The van der Waals surface area contributed by atoms with Gasteiger partial charge in [0.05, 0.1) is 11.2 Å². The van der Waals surface area contributed by atoms with E-state index in [2.05, 4.69) is 163 Å². The molecule has 0 N–H and O–H groups in total. The van der Waals surface area contributed by atoms with Crippen molar-refractivity contribution >= 4 is 82.4 Å². The highest BCUT2D eigenvalue weighted by atomic mass is 16.3. The molecule has 0 radical (unpaired) electrons. The summed E-state index contributed by atoms with van der Waals surface area (Å²) >= 11 is 0. The Labute approximate surface area is 345 Å². The molecule has 0 atom stereocenters. The number of furan rings is 1. The molecule has 3 heterocycles. The predicted molar refractivity (Wildman–Crippen MR) is 248 cm³/mol. The fourth-order valence-electron chi connectivity index (χ4n) is 8.61. The number of rotatable bonds is 6. The molecular weight excluding hydrogens is 733 g/mol. The first-order valence-corrected chi connectivity index (χ1v) is 20.2. The van der Waals surface area contributed by atoms with Gasteiger partial charge >= 0.3 is 0 Å². The molecule has 5 heteroatoms. The first kappa shape index (κ1) is 33.9. The van der Waals surface area contributed by atoms with Crippen LogP contribution < -0.4 is 4.90 Å². The molecule has 0 fully saturated rings. The number of para-hydroxylation sites is 2. The van der Waals surface area contributed by atoms with E-state index in [1.807, 2.05) is 48.7 Å². The number of anilines is 3. The van der Waals surface area contributed by atoms with Gasteiger partial charge in [-0.2, -0.15) is 0 Å². The van der Waals surface area contributed by atoms with Gasteiger partial charge in [0.25, 0.3) is 0 Å². The van der Waals surface area contributed by atoms with Crippen molar-refractivity contribution in [2.24, 2.45) is 0 Å². The topological polar surface area (TPSA) is 55.1 Å². The Hall–Kier alpha value is -8.15. The Morgan fingerprint density at radius 3 is 1.77 bits per heavy atom. The van der Waals surface area contributed by atoms with Crippen LogP contribution in [0.3, 0.4) is 0 Å². The van der Waals surface area contributed by atoms with Crippen LogP contribution in [0.2, 0.25) is 0 Å². The lowest BCUT2D eigenvalue weighted by molar-refractivity contribution is 0.654. The van der Waals surface area contributed by atoms with Crippen molar-refractivity contribution in [3.05, 3.63) is 206 Å². The van der Waals surface area contributed by atoms with Crippen molar-refractivity contribution in [1.82, 2.24) is 15.0 Å². The molecule has 12 rings (SSSR count). The van der Waals surface area contributed by atoms with Gasteiger partial charge in [-0.25, -0.2) is 15.0 Å². The molecule has 0 spiro atoms. The number of nitrogens with zero attached hydrogens (tertiary/aromatic N) is 4. The van der Waals surface area contributed by atoms with E-state index in [4.69, 9.17) is 19.4 Å². The summed E-state index contributed by atoms with van der Waals surface area (Å²) in [7, 11) is 0. The monoisotopic (exact) mass is 766 g/mol. The molecule has 280 valence electrons. The largest absolute Gasteiger partial charge is 0.438 e. The van der Waals surface area contributed by atoms with Crippen LogP contribution in [0.25, 0.3) is 99.1 Å². The first-order chi connectivity index (χ1) is 29.7. The molecule has 0 aliphatic rings. The normalized spacial score (nSPS) is 11.7. The second-order valence-electron chi connectivity index (χ2n) is 15.3. The van der Waals surface area contributed by atoms with Gasteiger partial charge in [0.2, 0.25) is 5.71 Å². The van der Waals surface area contributed by atoms with Crippen LogP contribution in [0.15, 0.2) is 211 Å². The molecule has 0 saturated carbocycles. The molecule has 0 unspecified atom stereocenters. The second-order valence-corrected chi connectivity index (χ2v) is 15.3. The first-order valence-electron chi connectivity index (χ1n) is 20.2. The van der Waals surface area contributed by atoms with E-state index in [1.165, 1.54) is 43.4 Å². The van der Waals surface area contributed by atoms with Crippen LogP contribution >= 0.6 is 0 Å². The van der Waals surface area contributed by atoms with Gasteiger partial charge in [0.1, 0.15) is 5.58 Å². The van der Waals surface area contributed by atoms with Crippen molar-refractivity contribution in [3.63, 3.8) is 0 Å². The fourth-order valence-corrected chi connectivity index (χ4v) is 8.61. The third kappa shape index (κ3) is 5.83. The van der Waals surface area contributed by atoms with Gasteiger partial charge in [-0.1, -0.05) is 115 Å². The van der Waals surface area contributed by atoms with Gasteiger partial charge < -0.3 is 9.32 Å². The van der Waals surface area contributed by atoms with Crippen LogP contribution in [0.5, 0.6) is 0 Å². The maximum Gasteiger partial charge on any atom is 0.227 e. The molecule has 12 aromatic rings. The number of benzene rings is 9. The summed E-state index contributed by atoms with van der Waals surface area (Å²) in [4.78, 5) is 16.8. The summed E-state index contributed by atoms with van der Waals surface area (Å²) in [5.74, 6) is 0.700. The number of pyridine rings is 1. The molecule has 0 aliphatic heterocycles. The van der Waals surface area contributed by atoms with Crippen molar-refractivity contribution in [3.8, 4) is 33.8 Å². The molecular formula is C55H34N4O. The van der Waals surface area contributed by atoms with Gasteiger partial charge in [-0.15, -0.1) is 0 Å². The lowest BCUT2D eigenvalue weighted by atomic mass is 9.96. The van der Waals surface area contributed by atoms with Crippen molar-refractivity contribution in [1.29, 1.82) is 0 Å². The Morgan fingerprint density at radius 2 is 0.950 bits per heavy atom. The minimum absolute atomic E-state index is 0.642. The van der Waals surface area contributed by atoms with Crippen molar-refractivity contribution in [2.45, 2.75) is 0 Å². The summed E-state index contributed by atoms with van der Waals surface area (Å²) in [6, 6.07) is 70.8. The average Bonchev–Trinajstić information content (AvgIpc) is 3.69. The van der Waals surface area contributed by atoms with Crippen LogP contribution in [-0.4, -0.2) is 15.0 Å². The molecule has 3 aromatic heterocycles. The van der Waals surface area contributed by atoms with E-state index in [1.54, 1.807) is 0 Å². The van der Waals surface area contributed by atoms with Crippen LogP contribution in [0, 0.1) is 0 Å². The Kier molecular flexibility index (Phi) is 7.78.